The number of amides is 1. The molecule has 4 nitrogen and oxygen atoms in total. The van der Waals surface area contributed by atoms with Crippen LogP contribution in [0.4, 0.5) is 0 Å². The number of nitrogens with one attached hydrogen (secondary N) is 1. The highest BCUT2D eigenvalue weighted by Crippen LogP contribution is 2.09. The lowest BCUT2D eigenvalue weighted by atomic mass is 10.2. The molecular weight excluding hydrogens is 192 g/mol. The average Bonchev–Trinajstić information content (AvgIpc) is 2.29. The van der Waals surface area contributed by atoms with Crippen molar-refractivity contribution in [2.45, 2.75) is 6.04 Å². The molecule has 0 radical (unpaired) electrons. The summed E-state index contributed by atoms with van der Waals surface area (Å²) in [7, 11) is 1.58. The normalized spacial score (nSPS) is 11.8. The van der Waals surface area contributed by atoms with E-state index in [9.17, 15) is 4.79 Å². The minimum absolute atomic E-state index is 0.234. The van der Waals surface area contributed by atoms with E-state index in [1.54, 1.807) is 13.3 Å². The highest BCUT2D eigenvalue weighted by atomic mass is 16.5. The number of rotatable bonds is 5. The molecule has 1 N–H and O–H groups in total. The predicted octanol–water partition coefficient (Wildman–Crippen LogP) is 1.07. The van der Waals surface area contributed by atoms with Crippen LogP contribution in [0.2, 0.25) is 0 Å². The Bertz CT molecular complexity index is 325. The second kappa shape index (κ2) is 5.93. The van der Waals surface area contributed by atoms with Crippen molar-refractivity contribution in [2.75, 3.05) is 13.7 Å². The Morgan fingerprint density at radius 3 is 3.07 bits per heavy atom. The molecule has 4 heteroatoms. The van der Waals surface area contributed by atoms with Crippen molar-refractivity contribution in [3.63, 3.8) is 0 Å². The van der Waals surface area contributed by atoms with Crippen LogP contribution in [-0.2, 0) is 9.53 Å². The van der Waals surface area contributed by atoms with Gasteiger partial charge in [0.25, 0.3) is 0 Å². The Hall–Kier alpha value is -1.68. The molecular formula is C11H14N2O2. The lowest BCUT2D eigenvalue weighted by Gasteiger charge is -2.15. The Morgan fingerprint density at radius 2 is 2.53 bits per heavy atom. The molecule has 1 heterocycles. The molecule has 0 aliphatic carbocycles. The Morgan fingerprint density at radius 1 is 1.73 bits per heavy atom. The van der Waals surface area contributed by atoms with Crippen LogP contribution in [0.1, 0.15) is 11.7 Å². The van der Waals surface area contributed by atoms with Gasteiger partial charge in [-0.05, 0) is 18.2 Å². The molecule has 15 heavy (non-hydrogen) atoms. The SMILES string of the molecule is C=CC(=O)N[C@@H](COC)c1ccccn1. The number of carbonyl (C=O) groups excluding carboxylic acids is 1. The Balaban J connectivity index is 2.74. The summed E-state index contributed by atoms with van der Waals surface area (Å²) < 4.78 is 5.01. The first-order valence-electron chi connectivity index (χ1n) is 4.60. The van der Waals surface area contributed by atoms with Gasteiger partial charge in [0.2, 0.25) is 5.91 Å². The second-order valence-corrected chi connectivity index (χ2v) is 2.98. The summed E-state index contributed by atoms with van der Waals surface area (Å²) >= 11 is 0. The molecule has 0 bridgehead atoms. The predicted molar refractivity (Wildman–Crippen MR) is 57.2 cm³/mol. The second-order valence-electron chi connectivity index (χ2n) is 2.98. The first-order chi connectivity index (χ1) is 7.27. The molecule has 1 aromatic heterocycles. The van der Waals surface area contributed by atoms with Gasteiger partial charge in [-0.1, -0.05) is 12.6 Å². The topological polar surface area (TPSA) is 51.2 Å². The molecule has 1 atom stereocenters. The number of pyridine rings is 1. The number of aromatic nitrogens is 1. The fourth-order valence-corrected chi connectivity index (χ4v) is 1.18. The smallest absolute Gasteiger partial charge is 0.243 e. The third-order valence-electron chi connectivity index (χ3n) is 1.88. The van der Waals surface area contributed by atoms with Gasteiger partial charge in [-0.25, -0.2) is 0 Å². The molecule has 1 aromatic rings. The van der Waals surface area contributed by atoms with Gasteiger partial charge in [-0.3, -0.25) is 9.78 Å². The molecule has 0 aliphatic heterocycles. The molecule has 0 fully saturated rings. The maximum atomic E-state index is 11.2. The van der Waals surface area contributed by atoms with E-state index in [1.165, 1.54) is 6.08 Å². The van der Waals surface area contributed by atoms with Crippen LogP contribution < -0.4 is 5.32 Å². The lowest BCUT2D eigenvalue weighted by molar-refractivity contribution is -0.117. The van der Waals surface area contributed by atoms with Crippen molar-refractivity contribution in [2.24, 2.45) is 0 Å². The third kappa shape index (κ3) is 3.52. The van der Waals surface area contributed by atoms with E-state index in [4.69, 9.17) is 4.74 Å². The van der Waals surface area contributed by atoms with Gasteiger partial charge in [0, 0.05) is 13.3 Å². The van der Waals surface area contributed by atoms with E-state index in [1.807, 2.05) is 18.2 Å². The van der Waals surface area contributed by atoms with Crippen molar-refractivity contribution in [3.8, 4) is 0 Å². The number of methoxy groups -OCH3 is 1. The van der Waals surface area contributed by atoms with Gasteiger partial charge in [-0.2, -0.15) is 0 Å². The van der Waals surface area contributed by atoms with Crippen LogP contribution in [0.5, 0.6) is 0 Å². The largest absolute Gasteiger partial charge is 0.382 e. The Labute approximate surface area is 89.0 Å². The molecule has 0 aliphatic rings. The summed E-state index contributed by atoms with van der Waals surface area (Å²) in [5.41, 5.74) is 0.773. The molecule has 0 saturated heterocycles. The van der Waals surface area contributed by atoms with E-state index >= 15 is 0 Å². The minimum atomic E-state index is -0.235. The highest BCUT2D eigenvalue weighted by molar-refractivity contribution is 5.87. The number of hydrogen-bond acceptors (Lipinski definition) is 3. The van der Waals surface area contributed by atoms with Crippen molar-refractivity contribution in [1.29, 1.82) is 0 Å². The third-order valence-corrected chi connectivity index (χ3v) is 1.88. The van der Waals surface area contributed by atoms with Gasteiger partial charge in [-0.15, -0.1) is 0 Å². The summed E-state index contributed by atoms with van der Waals surface area (Å²) in [6.45, 7) is 3.78. The summed E-state index contributed by atoms with van der Waals surface area (Å²) in [4.78, 5) is 15.3. The molecule has 0 unspecified atom stereocenters. The van der Waals surface area contributed by atoms with Crippen LogP contribution in [0.3, 0.4) is 0 Å². The summed E-state index contributed by atoms with van der Waals surface area (Å²) in [6, 6.07) is 5.29. The zero-order valence-electron chi connectivity index (χ0n) is 8.64. The van der Waals surface area contributed by atoms with E-state index in [-0.39, 0.29) is 11.9 Å². The molecule has 0 spiro atoms. The van der Waals surface area contributed by atoms with Crippen LogP contribution in [-0.4, -0.2) is 24.6 Å². The van der Waals surface area contributed by atoms with Crippen LogP contribution in [0.25, 0.3) is 0 Å². The van der Waals surface area contributed by atoms with E-state index in [0.29, 0.717) is 6.61 Å². The van der Waals surface area contributed by atoms with E-state index in [2.05, 4.69) is 16.9 Å². The van der Waals surface area contributed by atoms with Gasteiger partial charge in [0.05, 0.1) is 18.3 Å². The van der Waals surface area contributed by atoms with Crippen molar-refractivity contribution < 1.29 is 9.53 Å². The van der Waals surface area contributed by atoms with Crippen molar-refractivity contribution >= 4 is 5.91 Å². The molecule has 0 saturated carbocycles. The summed E-state index contributed by atoms with van der Waals surface area (Å²) in [5.74, 6) is -0.234. The zero-order chi connectivity index (χ0) is 11.1. The molecule has 0 aromatic carbocycles. The maximum Gasteiger partial charge on any atom is 0.243 e. The number of carbonyl (C=O) groups is 1. The first-order valence-corrected chi connectivity index (χ1v) is 4.60. The quantitative estimate of drug-likeness (QED) is 0.733. The van der Waals surface area contributed by atoms with Gasteiger partial charge in [0.15, 0.2) is 0 Å². The molecule has 1 amide bonds. The molecule has 80 valence electrons. The fraction of sp³-hybridized carbons (Fsp3) is 0.273. The fourth-order valence-electron chi connectivity index (χ4n) is 1.18. The van der Waals surface area contributed by atoms with Crippen LogP contribution in [0.15, 0.2) is 37.1 Å². The number of nitrogens with zero attached hydrogens (tertiary/aromatic N) is 1. The summed E-state index contributed by atoms with van der Waals surface area (Å²) in [5, 5.41) is 2.74. The van der Waals surface area contributed by atoms with E-state index < -0.39 is 0 Å². The standard InChI is InChI=1S/C11H14N2O2/c1-3-11(14)13-10(8-15-2)9-6-4-5-7-12-9/h3-7,10H,1,8H2,2H3,(H,13,14)/t10-/m0/s1. The van der Waals surface area contributed by atoms with Gasteiger partial charge >= 0.3 is 0 Å². The first kappa shape index (κ1) is 11.4. The average molecular weight is 206 g/mol. The lowest BCUT2D eigenvalue weighted by Crippen LogP contribution is -2.30. The minimum Gasteiger partial charge on any atom is -0.382 e. The van der Waals surface area contributed by atoms with Crippen molar-refractivity contribution in [3.05, 3.63) is 42.7 Å². The van der Waals surface area contributed by atoms with Gasteiger partial charge in [0.1, 0.15) is 0 Å². The number of hydrogen-bond donors (Lipinski definition) is 1. The molecule has 1 rings (SSSR count). The maximum absolute atomic E-state index is 11.2. The van der Waals surface area contributed by atoms with Crippen molar-refractivity contribution in [1.82, 2.24) is 10.3 Å². The zero-order valence-corrected chi connectivity index (χ0v) is 8.64. The highest BCUT2D eigenvalue weighted by Gasteiger charge is 2.13. The van der Waals surface area contributed by atoms with Crippen LogP contribution in [0, 0.1) is 0 Å². The Kier molecular flexibility index (Phi) is 4.50. The van der Waals surface area contributed by atoms with Crippen LogP contribution >= 0.6 is 0 Å². The van der Waals surface area contributed by atoms with E-state index in [0.717, 1.165) is 5.69 Å². The summed E-state index contributed by atoms with van der Waals surface area (Å²) in [6.07, 6.45) is 2.91. The monoisotopic (exact) mass is 206 g/mol. The number of ether oxygens (including phenoxy) is 1. The van der Waals surface area contributed by atoms with Gasteiger partial charge < -0.3 is 10.1 Å².